The third-order valence-corrected chi connectivity index (χ3v) is 6.16. The number of hydrogen-bond acceptors (Lipinski definition) is 3. The number of nitrogens with one attached hydrogen (secondary N) is 1. The third kappa shape index (κ3) is 4.83. The molecule has 0 bridgehead atoms. The highest BCUT2D eigenvalue weighted by Gasteiger charge is 2.19. The Hall–Kier alpha value is 0.1000. The van der Waals surface area contributed by atoms with Gasteiger partial charge in [0.1, 0.15) is 0 Å². The van der Waals surface area contributed by atoms with E-state index in [2.05, 4.69) is 41.2 Å². The molecule has 1 fully saturated rings. The zero-order chi connectivity index (χ0) is 14.4. The summed E-state index contributed by atoms with van der Waals surface area (Å²) in [6, 6.07) is 2.77. The molecule has 0 aliphatic carbocycles. The van der Waals surface area contributed by atoms with E-state index in [-0.39, 0.29) is 0 Å². The highest BCUT2D eigenvalue weighted by Crippen LogP contribution is 2.33. The molecule has 0 radical (unpaired) electrons. The van der Waals surface area contributed by atoms with E-state index in [9.17, 15) is 0 Å². The van der Waals surface area contributed by atoms with Crippen molar-refractivity contribution in [3.63, 3.8) is 0 Å². The van der Waals surface area contributed by atoms with Gasteiger partial charge < -0.3 is 10.1 Å². The van der Waals surface area contributed by atoms with Crippen molar-refractivity contribution in [1.29, 1.82) is 0 Å². The van der Waals surface area contributed by atoms with Crippen molar-refractivity contribution in [3.8, 4) is 0 Å². The van der Waals surface area contributed by atoms with Crippen molar-refractivity contribution in [1.82, 2.24) is 5.32 Å². The van der Waals surface area contributed by atoms with E-state index >= 15 is 0 Å². The molecule has 0 aromatic carbocycles. The Morgan fingerprint density at radius 2 is 2.35 bits per heavy atom. The minimum Gasteiger partial charge on any atom is -0.378 e. The Morgan fingerprint density at radius 3 is 2.95 bits per heavy atom. The lowest BCUT2D eigenvalue weighted by molar-refractivity contribution is 0.00860. The van der Waals surface area contributed by atoms with E-state index in [1.165, 1.54) is 52.8 Å². The van der Waals surface area contributed by atoms with Crippen LogP contribution in [0, 0.1) is 6.92 Å². The molecule has 114 valence electrons. The zero-order valence-corrected chi connectivity index (χ0v) is 15.0. The fourth-order valence-corrected chi connectivity index (χ4v) is 4.38. The van der Waals surface area contributed by atoms with Gasteiger partial charge in [-0.15, -0.1) is 11.3 Å². The van der Waals surface area contributed by atoms with Crippen LogP contribution in [0.2, 0.25) is 0 Å². The minimum absolute atomic E-state index is 0.482. The lowest BCUT2D eigenvalue weighted by Crippen LogP contribution is -2.25. The van der Waals surface area contributed by atoms with Gasteiger partial charge in [0.25, 0.3) is 0 Å². The molecule has 0 spiro atoms. The van der Waals surface area contributed by atoms with Crippen molar-refractivity contribution in [2.45, 2.75) is 64.5 Å². The monoisotopic (exact) mass is 359 g/mol. The predicted molar refractivity (Wildman–Crippen MR) is 90.6 cm³/mol. The molecule has 1 N–H and O–H groups in total. The molecule has 2 heterocycles. The van der Waals surface area contributed by atoms with Crippen molar-refractivity contribution in [3.05, 3.63) is 20.3 Å². The summed E-state index contributed by atoms with van der Waals surface area (Å²) in [4.78, 5) is 2.83. The molecule has 4 heteroatoms. The molecular formula is C16H26BrNOS. The molecular weight excluding hydrogens is 334 g/mol. The Balaban J connectivity index is 1.92. The van der Waals surface area contributed by atoms with Gasteiger partial charge >= 0.3 is 0 Å². The Bertz CT molecular complexity index is 382. The van der Waals surface area contributed by atoms with Gasteiger partial charge in [0.05, 0.1) is 6.10 Å². The second-order valence-corrected chi connectivity index (χ2v) is 7.77. The van der Waals surface area contributed by atoms with Gasteiger partial charge in [-0.2, -0.15) is 0 Å². The number of ether oxygens (including phenoxy) is 1. The van der Waals surface area contributed by atoms with Crippen molar-refractivity contribution >= 4 is 27.3 Å². The number of aryl methyl sites for hydroxylation is 1. The minimum atomic E-state index is 0.482. The van der Waals surface area contributed by atoms with E-state index in [0.717, 1.165) is 13.2 Å². The first-order valence-corrected chi connectivity index (χ1v) is 9.42. The fraction of sp³-hybridized carbons (Fsp3) is 0.750. The van der Waals surface area contributed by atoms with Gasteiger partial charge in [-0.3, -0.25) is 0 Å². The van der Waals surface area contributed by atoms with Crippen LogP contribution in [-0.4, -0.2) is 19.3 Å². The van der Waals surface area contributed by atoms with E-state index in [0.29, 0.717) is 12.1 Å². The van der Waals surface area contributed by atoms with E-state index in [1.54, 1.807) is 0 Å². The molecule has 2 rings (SSSR count). The quantitative estimate of drug-likeness (QED) is 0.721. The Labute approximate surface area is 135 Å². The van der Waals surface area contributed by atoms with Crippen LogP contribution in [0.1, 0.15) is 61.2 Å². The Kier molecular flexibility index (Phi) is 7.02. The zero-order valence-electron chi connectivity index (χ0n) is 12.6. The van der Waals surface area contributed by atoms with Crippen LogP contribution >= 0.6 is 27.3 Å². The topological polar surface area (TPSA) is 21.3 Å². The predicted octanol–water partition coefficient (Wildman–Crippen LogP) is 5.21. The first-order valence-electron chi connectivity index (χ1n) is 7.81. The van der Waals surface area contributed by atoms with Gasteiger partial charge in [-0.1, -0.05) is 6.92 Å². The molecule has 0 saturated carbocycles. The van der Waals surface area contributed by atoms with Gasteiger partial charge in [0.2, 0.25) is 0 Å². The van der Waals surface area contributed by atoms with Crippen LogP contribution < -0.4 is 5.32 Å². The highest BCUT2D eigenvalue weighted by molar-refractivity contribution is 9.10. The highest BCUT2D eigenvalue weighted by atomic mass is 79.9. The van der Waals surface area contributed by atoms with Crippen LogP contribution in [0.15, 0.2) is 10.5 Å². The second kappa shape index (κ2) is 8.52. The molecule has 0 amide bonds. The maximum atomic E-state index is 5.86. The summed E-state index contributed by atoms with van der Waals surface area (Å²) in [5.41, 5.74) is 0. The van der Waals surface area contributed by atoms with E-state index < -0.39 is 0 Å². The summed E-state index contributed by atoms with van der Waals surface area (Å²) in [6.45, 7) is 6.45. The first-order chi connectivity index (χ1) is 9.70. The number of halogens is 1. The summed E-state index contributed by atoms with van der Waals surface area (Å²) in [5, 5.41) is 3.70. The van der Waals surface area contributed by atoms with Crippen molar-refractivity contribution < 1.29 is 4.74 Å². The first kappa shape index (κ1) is 16.5. The smallest absolute Gasteiger partial charge is 0.0575 e. The largest absolute Gasteiger partial charge is 0.378 e. The molecule has 2 unspecified atom stereocenters. The summed E-state index contributed by atoms with van der Waals surface area (Å²) < 4.78 is 7.11. The third-order valence-electron chi connectivity index (χ3n) is 3.91. The number of thiophene rings is 1. The van der Waals surface area contributed by atoms with Crippen molar-refractivity contribution in [2.75, 3.05) is 13.2 Å². The SMILES string of the molecule is CCCNC(CCC1CCCCO1)c1cc(Br)c(C)s1. The number of rotatable bonds is 7. The van der Waals surface area contributed by atoms with Crippen LogP contribution in [-0.2, 0) is 4.74 Å². The average Bonchev–Trinajstić information content (AvgIpc) is 2.80. The average molecular weight is 360 g/mol. The molecule has 1 aliphatic heterocycles. The molecule has 2 nitrogen and oxygen atoms in total. The normalized spacial score (nSPS) is 21.1. The number of hydrogen-bond donors (Lipinski definition) is 1. The molecule has 1 aliphatic rings. The standard InChI is InChI=1S/C16H26BrNOS/c1-3-9-18-15(16-11-14(17)12(2)20-16)8-7-13-6-4-5-10-19-13/h11,13,15,18H,3-10H2,1-2H3. The molecule has 1 aromatic heterocycles. The fourth-order valence-electron chi connectivity index (χ4n) is 2.70. The van der Waals surface area contributed by atoms with Crippen LogP contribution in [0.4, 0.5) is 0 Å². The second-order valence-electron chi connectivity index (χ2n) is 5.63. The van der Waals surface area contributed by atoms with Gasteiger partial charge in [-0.05, 0) is 74.0 Å². The lowest BCUT2D eigenvalue weighted by Gasteiger charge is -2.25. The van der Waals surface area contributed by atoms with Crippen LogP contribution in [0.5, 0.6) is 0 Å². The molecule has 1 aromatic rings. The summed E-state index contributed by atoms with van der Waals surface area (Å²) in [5.74, 6) is 0. The Morgan fingerprint density at radius 1 is 1.50 bits per heavy atom. The van der Waals surface area contributed by atoms with E-state index in [4.69, 9.17) is 4.74 Å². The van der Waals surface area contributed by atoms with Crippen molar-refractivity contribution in [2.24, 2.45) is 0 Å². The lowest BCUT2D eigenvalue weighted by atomic mass is 10.0. The van der Waals surface area contributed by atoms with Crippen LogP contribution in [0.25, 0.3) is 0 Å². The summed E-state index contributed by atoms with van der Waals surface area (Å²) in [7, 11) is 0. The maximum Gasteiger partial charge on any atom is 0.0575 e. The maximum absolute atomic E-state index is 5.86. The molecule has 1 saturated heterocycles. The van der Waals surface area contributed by atoms with Gasteiger partial charge in [-0.25, -0.2) is 0 Å². The molecule has 2 atom stereocenters. The van der Waals surface area contributed by atoms with Gasteiger partial charge in [0.15, 0.2) is 0 Å². The molecule has 20 heavy (non-hydrogen) atoms. The van der Waals surface area contributed by atoms with Crippen LogP contribution in [0.3, 0.4) is 0 Å². The summed E-state index contributed by atoms with van der Waals surface area (Å²) in [6.07, 6.45) is 7.84. The van der Waals surface area contributed by atoms with E-state index in [1.807, 2.05) is 11.3 Å². The summed E-state index contributed by atoms with van der Waals surface area (Å²) >= 11 is 5.55. The van der Waals surface area contributed by atoms with Gasteiger partial charge in [0, 0.05) is 26.9 Å².